The van der Waals surface area contributed by atoms with Gasteiger partial charge in [-0.1, -0.05) is 31.2 Å². The Balaban J connectivity index is 2.02. The predicted molar refractivity (Wildman–Crippen MR) is 149 cm³/mol. The Kier molecular flexibility index (Phi) is 9.41. The van der Waals surface area contributed by atoms with Crippen LogP contribution < -0.4 is 4.90 Å². The molecule has 0 radical (unpaired) electrons. The zero-order valence-corrected chi connectivity index (χ0v) is 23.7. The molecule has 1 heterocycles. The van der Waals surface area contributed by atoms with E-state index in [1.54, 1.807) is 17.1 Å². The molecule has 0 bridgehead atoms. The van der Waals surface area contributed by atoms with Gasteiger partial charge in [-0.2, -0.15) is 0 Å². The van der Waals surface area contributed by atoms with Crippen LogP contribution in [0.25, 0.3) is 0 Å². The van der Waals surface area contributed by atoms with Crippen LogP contribution in [0, 0.1) is 31.6 Å². The third kappa shape index (κ3) is 6.53. The smallest absolute Gasteiger partial charge is 0.338 e. The van der Waals surface area contributed by atoms with Crippen molar-refractivity contribution in [3.63, 3.8) is 0 Å². The van der Waals surface area contributed by atoms with Crippen molar-refractivity contribution in [2.75, 3.05) is 31.6 Å². The van der Waals surface area contributed by atoms with Crippen molar-refractivity contribution in [3.8, 4) is 0 Å². The Morgan fingerprint density at radius 1 is 1.27 bits per heavy atom. The lowest BCUT2D eigenvalue weighted by atomic mass is 9.80. The molecule has 2 aliphatic rings. The van der Waals surface area contributed by atoms with Crippen LogP contribution >= 0.6 is 11.6 Å². The Morgan fingerprint density at radius 3 is 2.41 bits per heavy atom. The molecule has 1 aliphatic heterocycles. The second-order valence-electron chi connectivity index (χ2n) is 10.9. The molecule has 2 fully saturated rings. The number of ether oxygens (including phenoxy) is 1. The van der Waals surface area contributed by atoms with Crippen molar-refractivity contribution in [3.05, 3.63) is 64.5 Å². The number of rotatable bonds is 10. The van der Waals surface area contributed by atoms with Gasteiger partial charge in [0.2, 0.25) is 5.91 Å². The van der Waals surface area contributed by atoms with Crippen molar-refractivity contribution in [2.24, 2.45) is 17.8 Å². The molecule has 1 aliphatic carbocycles. The van der Waals surface area contributed by atoms with Crippen LogP contribution in [-0.4, -0.2) is 49.1 Å². The van der Waals surface area contributed by atoms with Crippen molar-refractivity contribution < 1.29 is 18.7 Å². The number of hydrogen-bond acceptors (Lipinski definition) is 4. The quantitative estimate of drug-likeness (QED) is 0.248. The average Bonchev–Trinajstić information content (AvgIpc) is 3.59. The number of carbonyl (C=O) groups excluding carboxylic acids is 2. The Hall–Kier alpha value is -2.44. The molecule has 1 aromatic rings. The number of amides is 1. The topological polar surface area (TPSA) is 49.9 Å². The number of halogens is 2. The van der Waals surface area contributed by atoms with Crippen LogP contribution in [0.5, 0.6) is 0 Å². The summed E-state index contributed by atoms with van der Waals surface area (Å²) in [6.45, 7) is 15.3. The normalized spacial score (nSPS) is 21.9. The maximum absolute atomic E-state index is 15.8. The van der Waals surface area contributed by atoms with Crippen LogP contribution in [-0.2, 0) is 9.53 Å². The van der Waals surface area contributed by atoms with Gasteiger partial charge in [-0.05, 0) is 88.3 Å². The molecule has 2 atom stereocenters. The first kappa shape index (κ1) is 29.1. The van der Waals surface area contributed by atoms with Gasteiger partial charge in [0.15, 0.2) is 0 Å². The molecular formula is C30H40ClFN2O3. The molecule has 1 amide bonds. The predicted octanol–water partition coefficient (Wildman–Crippen LogP) is 6.73. The van der Waals surface area contributed by atoms with Gasteiger partial charge >= 0.3 is 5.97 Å². The highest BCUT2D eigenvalue weighted by Crippen LogP contribution is 2.46. The molecule has 5 nitrogen and oxygen atoms in total. The molecule has 0 aromatic heterocycles. The van der Waals surface area contributed by atoms with Crippen molar-refractivity contribution in [1.82, 2.24) is 4.90 Å². The van der Waals surface area contributed by atoms with Crippen molar-refractivity contribution in [2.45, 2.75) is 59.4 Å². The van der Waals surface area contributed by atoms with E-state index in [4.69, 9.17) is 16.3 Å². The standard InChI is InChI=1S/C30H40ClFN2O3/c1-8-14-34(23-15-19(2)26(20(3)16-23)29(36)37-7)28(35)24-18-33(17-22-12-13-22)30(5,6)27(24)25(32)11-9-10-21(4)31/h9-11,15-16,22,24,27H,4,8,12-14,17-18H2,1-3,5-7H3/b10-9-,25-11-/t24-,27?/m1/s1. The first-order chi connectivity index (χ1) is 17.4. The summed E-state index contributed by atoms with van der Waals surface area (Å²) in [6, 6.07) is 3.70. The number of likely N-dealkylation sites (tertiary alicyclic amines) is 1. The number of anilines is 1. The minimum absolute atomic E-state index is 0.0999. The number of methoxy groups -OCH3 is 1. The Bertz CT molecular complexity index is 1080. The lowest BCUT2D eigenvalue weighted by Gasteiger charge is -2.36. The van der Waals surface area contributed by atoms with Crippen LogP contribution in [0.2, 0.25) is 0 Å². The number of nitrogens with zero attached hydrogens (tertiary/aromatic N) is 2. The minimum Gasteiger partial charge on any atom is -0.465 e. The van der Waals surface area contributed by atoms with Crippen molar-refractivity contribution in [1.29, 1.82) is 0 Å². The van der Waals surface area contributed by atoms with Gasteiger partial charge < -0.3 is 9.64 Å². The largest absolute Gasteiger partial charge is 0.465 e. The highest BCUT2D eigenvalue weighted by Gasteiger charge is 2.54. The molecule has 1 saturated carbocycles. The first-order valence-electron chi connectivity index (χ1n) is 13.1. The number of hydrogen-bond donors (Lipinski definition) is 0. The van der Waals surface area contributed by atoms with E-state index < -0.39 is 23.3 Å². The number of benzene rings is 1. The van der Waals surface area contributed by atoms with Gasteiger partial charge in [0.05, 0.1) is 18.6 Å². The number of aryl methyl sites for hydroxylation is 2. The molecule has 202 valence electrons. The molecule has 7 heteroatoms. The van der Waals surface area contributed by atoms with E-state index in [2.05, 4.69) is 11.5 Å². The van der Waals surface area contributed by atoms with Crippen LogP contribution in [0.4, 0.5) is 10.1 Å². The average molecular weight is 531 g/mol. The molecule has 1 saturated heterocycles. The fourth-order valence-electron chi connectivity index (χ4n) is 5.60. The summed E-state index contributed by atoms with van der Waals surface area (Å²) in [7, 11) is 1.36. The number of esters is 1. The van der Waals surface area contributed by atoms with E-state index in [1.165, 1.54) is 26.0 Å². The highest BCUT2D eigenvalue weighted by atomic mass is 35.5. The lowest BCUT2D eigenvalue weighted by molar-refractivity contribution is -0.123. The molecule has 0 spiro atoms. The van der Waals surface area contributed by atoms with E-state index in [0.29, 0.717) is 29.6 Å². The molecular weight excluding hydrogens is 491 g/mol. The van der Waals surface area contributed by atoms with Crippen LogP contribution in [0.15, 0.2) is 47.8 Å². The summed E-state index contributed by atoms with van der Waals surface area (Å²) in [6.07, 6.45) is 7.61. The fourth-order valence-corrected chi connectivity index (χ4v) is 5.67. The maximum Gasteiger partial charge on any atom is 0.338 e. The summed E-state index contributed by atoms with van der Waals surface area (Å²) in [5, 5.41) is 0.313. The van der Waals surface area contributed by atoms with Crippen LogP contribution in [0.1, 0.15) is 61.5 Å². The third-order valence-electron chi connectivity index (χ3n) is 7.65. The number of carbonyl (C=O) groups is 2. The molecule has 0 N–H and O–H groups in total. The Morgan fingerprint density at radius 2 is 1.89 bits per heavy atom. The summed E-state index contributed by atoms with van der Waals surface area (Å²) in [4.78, 5) is 30.6. The summed E-state index contributed by atoms with van der Waals surface area (Å²) >= 11 is 5.82. The zero-order valence-electron chi connectivity index (χ0n) is 22.9. The molecule has 37 heavy (non-hydrogen) atoms. The first-order valence-corrected chi connectivity index (χ1v) is 13.4. The molecule has 3 rings (SSSR count). The monoisotopic (exact) mass is 530 g/mol. The SMILES string of the molecule is C=C(Cl)/C=C\C=C(/F)C1[C@H](C(=O)N(CCC)c2cc(C)c(C(=O)OC)c(C)c2)CN(CC2CC2)C1(C)C. The maximum atomic E-state index is 15.8. The van der Waals surface area contributed by atoms with Gasteiger partial charge in [-0.3, -0.25) is 9.69 Å². The van der Waals surface area contributed by atoms with Gasteiger partial charge in [-0.15, -0.1) is 0 Å². The van der Waals surface area contributed by atoms with E-state index in [0.717, 1.165) is 29.8 Å². The number of allylic oxidation sites excluding steroid dienone is 4. The second-order valence-corrected chi connectivity index (χ2v) is 11.4. The molecule has 1 aromatic carbocycles. The summed E-state index contributed by atoms with van der Waals surface area (Å²) in [5.74, 6) is -1.38. The minimum atomic E-state index is -0.608. The van der Waals surface area contributed by atoms with E-state index in [1.807, 2.05) is 46.8 Å². The van der Waals surface area contributed by atoms with Gasteiger partial charge in [0.25, 0.3) is 0 Å². The highest BCUT2D eigenvalue weighted by molar-refractivity contribution is 6.30. The van der Waals surface area contributed by atoms with Gasteiger partial charge in [0, 0.05) is 41.8 Å². The molecule has 1 unspecified atom stereocenters. The van der Waals surface area contributed by atoms with E-state index in [-0.39, 0.29) is 11.7 Å². The van der Waals surface area contributed by atoms with Gasteiger partial charge in [-0.25, -0.2) is 9.18 Å². The van der Waals surface area contributed by atoms with Crippen LogP contribution in [0.3, 0.4) is 0 Å². The second kappa shape index (κ2) is 12.0. The Labute approximate surface area is 226 Å². The van der Waals surface area contributed by atoms with E-state index in [9.17, 15) is 9.59 Å². The van der Waals surface area contributed by atoms with Crippen molar-refractivity contribution >= 4 is 29.2 Å². The van der Waals surface area contributed by atoms with Gasteiger partial charge in [0.1, 0.15) is 5.83 Å². The third-order valence-corrected chi connectivity index (χ3v) is 7.78. The fraction of sp³-hybridized carbons (Fsp3) is 0.533. The lowest BCUT2D eigenvalue weighted by Crippen LogP contribution is -2.44. The summed E-state index contributed by atoms with van der Waals surface area (Å²) in [5.41, 5.74) is 2.17. The van der Waals surface area contributed by atoms with E-state index >= 15 is 4.39 Å². The summed E-state index contributed by atoms with van der Waals surface area (Å²) < 4.78 is 20.8. The zero-order chi connectivity index (χ0) is 27.5.